The summed E-state index contributed by atoms with van der Waals surface area (Å²) in [5.74, 6) is 0.653. The van der Waals surface area contributed by atoms with Crippen molar-refractivity contribution >= 4 is 16.6 Å². The highest BCUT2D eigenvalue weighted by molar-refractivity contribution is 6.01. The van der Waals surface area contributed by atoms with Crippen LogP contribution in [0.5, 0.6) is 5.75 Å². The fourth-order valence-corrected chi connectivity index (χ4v) is 4.91. The van der Waals surface area contributed by atoms with Gasteiger partial charge in [0.25, 0.3) is 0 Å². The molecule has 4 aromatic rings. The number of rotatable bonds is 8. The van der Waals surface area contributed by atoms with Gasteiger partial charge in [0.2, 0.25) is 0 Å². The molecule has 1 aliphatic rings. The van der Waals surface area contributed by atoms with Gasteiger partial charge in [-0.2, -0.15) is 5.26 Å². The van der Waals surface area contributed by atoms with E-state index in [2.05, 4.69) is 39.9 Å². The number of ether oxygens (including phenoxy) is 1. The molecular formula is C30H28N4O2. The Morgan fingerprint density at radius 2 is 1.89 bits per heavy atom. The summed E-state index contributed by atoms with van der Waals surface area (Å²) in [6.45, 7) is 0.776. The molecule has 2 atom stereocenters. The summed E-state index contributed by atoms with van der Waals surface area (Å²) in [5.41, 5.74) is 3.72. The van der Waals surface area contributed by atoms with Crippen molar-refractivity contribution in [2.45, 2.75) is 31.5 Å². The van der Waals surface area contributed by atoms with Gasteiger partial charge in [-0.15, -0.1) is 0 Å². The monoisotopic (exact) mass is 476 g/mol. The molecule has 0 amide bonds. The second-order valence-electron chi connectivity index (χ2n) is 9.16. The molecule has 1 unspecified atom stereocenters. The van der Waals surface area contributed by atoms with Crippen molar-refractivity contribution in [3.8, 4) is 11.8 Å². The van der Waals surface area contributed by atoms with E-state index in [1.54, 1.807) is 13.2 Å². The number of fused-ring (bicyclic) bond motifs is 1. The predicted molar refractivity (Wildman–Crippen MR) is 140 cm³/mol. The van der Waals surface area contributed by atoms with Crippen LogP contribution in [0.3, 0.4) is 0 Å². The molecular weight excluding hydrogens is 448 g/mol. The summed E-state index contributed by atoms with van der Waals surface area (Å²) in [6.07, 6.45) is 3.66. The van der Waals surface area contributed by atoms with Gasteiger partial charge < -0.3 is 10.1 Å². The van der Waals surface area contributed by atoms with E-state index >= 15 is 0 Å². The first-order valence-electron chi connectivity index (χ1n) is 12.1. The number of Topliss-reactive ketones (excluding diaryl/α,β-unsaturated/α-hetero) is 1. The van der Waals surface area contributed by atoms with Crippen molar-refractivity contribution in [1.29, 1.82) is 5.26 Å². The second kappa shape index (κ2) is 10.7. The van der Waals surface area contributed by atoms with Crippen LogP contribution in [0.2, 0.25) is 0 Å². The molecule has 2 N–H and O–H groups in total. The first kappa shape index (κ1) is 23.7. The van der Waals surface area contributed by atoms with Crippen LogP contribution in [-0.4, -0.2) is 36.6 Å². The molecule has 0 spiro atoms. The van der Waals surface area contributed by atoms with Crippen LogP contribution in [0, 0.1) is 11.3 Å². The number of ketones is 1. The van der Waals surface area contributed by atoms with Crippen molar-refractivity contribution < 1.29 is 9.53 Å². The molecule has 0 saturated carbocycles. The number of nitrogens with zero attached hydrogens (tertiary/aromatic N) is 2. The van der Waals surface area contributed by atoms with Crippen LogP contribution in [0.25, 0.3) is 10.8 Å². The summed E-state index contributed by atoms with van der Waals surface area (Å²) >= 11 is 0. The number of nitrogens with one attached hydrogen (secondary N) is 2. The highest BCUT2D eigenvalue weighted by Gasteiger charge is 2.26. The van der Waals surface area contributed by atoms with Gasteiger partial charge in [0, 0.05) is 48.3 Å². The van der Waals surface area contributed by atoms with Crippen LogP contribution >= 0.6 is 0 Å². The lowest BCUT2D eigenvalue weighted by Gasteiger charge is -2.16. The van der Waals surface area contributed by atoms with Crippen LogP contribution in [-0.2, 0) is 19.3 Å². The molecule has 6 nitrogen and oxygen atoms in total. The molecule has 2 heterocycles. The molecule has 1 aromatic heterocycles. The Kier molecular flexibility index (Phi) is 7.03. The minimum Gasteiger partial charge on any atom is -0.497 e. The molecule has 1 aliphatic heterocycles. The number of benzene rings is 3. The van der Waals surface area contributed by atoms with Gasteiger partial charge in [-0.1, -0.05) is 48.5 Å². The molecule has 0 aliphatic carbocycles. The fourth-order valence-electron chi connectivity index (χ4n) is 4.91. The lowest BCUT2D eigenvalue weighted by Crippen LogP contribution is -2.36. The maximum Gasteiger partial charge on any atom is 0.168 e. The Bertz CT molecular complexity index is 1440. The van der Waals surface area contributed by atoms with E-state index < -0.39 is 0 Å². The molecule has 6 heteroatoms. The molecule has 3 aromatic carbocycles. The third-order valence-corrected chi connectivity index (χ3v) is 6.66. The minimum atomic E-state index is -0.0572. The van der Waals surface area contributed by atoms with E-state index in [-0.39, 0.29) is 24.4 Å². The SMILES string of the molecule is COc1cccc(CC(=O)c2c(C#N)cccc2C[C@H]2CNC(Cc3cc4ccccc4cn3)N2)c1. The Labute approximate surface area is 210 Å². The van der Waals surface area contributed by atoms with Crippen LogP contribution in [0.4, 0.5) is 0 Å². The summed E-state index contributed by atoms with van der Waals surface area (Å²) < 4.78 is 5.29. The van der Waals surface area contributed by atoms with Crippen molar-refractivity contribution in [2.24, 2.45) is 0 Å². The second-order valence-corrected chi connectivity index (χ2v) is 9.16. The van der Waals surface area contributed by atoms with E-state index in [4.69, 9.17) is 4.74 Å². The Morgan fingerprint density at radius 3 is 2.72 bits per heavy atom. The minimum absolute atomic E-state index is 0.0572. The number of methoxy groups -OCH3 is 1. The van der Waals surface area contributed by atoms with Gasteiger partial charge in [0.15, 0.2) is 5.78 Å². The lowest BCUT2D eigenvalue weighted by atomic mass is 9.91. The topological polar surface area (TPSA) is 87.0 Å². The molecule has 1 fully saturated rings. The third-order valence-electron chi connectivity index (χ3n) is 6.66. The number of nitriles is 1. The number of carbonyl (C=O) groups excluding carboxylic acids is 1. The standard InChI is InChI=1S/C30H28N4O2/c1-36-27-11-4-6-20(12-27)13-28(35)30-22(9-5-10-23(30)17-31)15-26-19-33-29(34-26)16-25-14-21-7-2-3-8-24(21)18-32-25/h2-12,14,18,26,29,33-34H,13,15-16,19H2,1H3/t26-,29?/m0/s1. The van der Waals surface area contributed by atoms with Gasteiger partial charge in [-0.05, 0) is 47.2 Å². The Morgan fingerprint density at radius 1 is 1.06 bits per heavy atom. The van der Waals surface area contributed by atoms with Crippen molar-refractivity contribution in [1.82, 2.24) is 15.6 Å². The maximum atomic E-state index is 13.4. The lowest BCUT2D eigenvalue weighted by molar-refractivity contribution is 0.0991. The molecule has 0 bridgehead atoms. The highest BCUT2D eigenvalue weighted by atomic mass is 16.5. The van der Waals surface area contributed by atoms with Gasteiger partial charge in [0.05, 0.1) is 24.9 Å². The number of hydrogen-bond donors (Lipinski definition) is 2. The van der Waals surface area contributed by atoms with E-state index in [9.17, 15) is 10.1 Å². The molecule has 1 saturated heterocycles. The Balaban J connectivity index is 1.29. The first-order valence-corrected chi connectivity index (χ1v) is 12.1. The zero-order valence-electron chi connectivity index (χ0n) is 20.2. The maximum absolute atomic E-state index is 13.4. The van der Waals surface area contributed by atoms with E-state index in [1.807, 2.05) is 54.7 Å². The van der Waals surface area contributed by atoms with E-state index in [0.29, 0.717) is 23.3 Å². The average molecular weight is 477 g/mol. The molecule has 36 heavy (non-hydrogen) atoms. The highest BCUT2D eigenvalue weighted by Crippen LogP contribution is 2.22. The summed E-state index contributed by atoms with van der Waals surface area (Å²) in [6, 6.07) is 25.8. The van der Waals surface area contributed by atoms with Crippen molar-refractivity contribution in [3.63, 3.8) is 0 Å². The molecule has 180 valence electrons. The van der Waals surface area contributed by atoms with Crippen molar-refractivity contribution in [3.05, 3.63) is 107 Å². The fraction of sp³-hybridized carbons (Fsp3) is 0.233. The van der Waals surface area contributed by atoms with Crippen LogP contribution in [0.1, 0.15) is 32.7 Å². The normalized spacial score (nSPS) is 17.1. The summed E-state index contributed by atoms with van der Waals surface area (Å²) in [5, 5.41) is 19.2. The van der Waals surface area contributed by atoms with Gasteiger partial charge >= 0.3 is 0 Å². The predicted octanol–water partition coefficient (Wildman–Crippen LogP) is 4.21. The number of carbonyl (C=O) groups is 1. The van der Waals surface area contributed by atoms with Gasteiger partial charge in [-0.3, -0.25) is 15.1 Å². The van der Waals surface area contributed by atoms with Crippen LogP contribution in [0.15, 0.2) is 79.0 Å². The average Bonchev–Trinajstić information content (AvgIpc) is 3.34. The summed E-state index contributed by atoms with van der Waals surface area (Å²) in [7, 11) is 1.61. The molecule has 0 radical (unpaired) electrons. The zero-order chi connectivity index (χ0) is 24.9. The van der Waals surface area contributed by atoms with E-state index in [0.717, 1.165) is 35.2 Å². The smallest absolute Gasteiger partial charge is 0.168 e. The van der Waals surface area contributed by atoms with Crippen molar-refractivity contribution in [2.75, 3.05) is 13.7 Å². The number of pyridine rings is 1. The summed E-state index contributed by atoms with van der Waals surface area (Å²) in [4.78, 5) is 18.0. The largest absolute Gasteiger partial charge is 0.497 e. The number of aromatic nitrogens is 1. The third kappa shape index (κ3) is 5.28. The van der Waals surface area contributed by atoms with Crippen LogP contribution < -0.4 is 15.4 Å². The number of hydrogen-bond acceptors (Lipinski definition) is 6. The van der Waals surface area contributed by atoms with Gasteiger partial charge in [0.1, 0.15) is 5.75 Å². The quantitative estimate of drug-likeness (QED) is 0.371. The zero-order valence-corrected chi connectivity index (χ0v) is 20.2. The first-order chi connectivity index (χ1) is 17.6. The van der Waals surface area contributed by atoms with E-state index in [1.165, 1.54) is 5.39 Å². The van der Waals surface area contributed by atoms with Gasteiger partial charge in [-0.25, -0.2) is 0 Å². The Hall–Kier alpha value is -4.05. The molecule has 5 rings (SSSR count).